The fraction of sp³-hybridized carbons (Fsp3) is 0.174. The second-order valence-electron chi connectivity index (χ2n) is 7.12. The molecule has 0 saturated heterocycles. The van der Waals surface area contributed by atoms with E-state index >= 15 is 0 Å². The molecule has 1 aliphatic heterocycles. The van der Waals surface area contributed by atoms with E-state index in [1.807, 2.05) is 12.1 Å². The normalized spacial score (nSPS) is 15.2. The van der Waals surface area contributed by atoms with Crippen LogP contribution in [0.2, 0.25) is 5.02 Å². The molecular formula is C23H19ClFN3O2. The molecule has 1 N–H and O–H groups in total. The molecule has 1 atom stereocenters. The molecule has 152 valence electrons. The maximum atomic E-state index is 13.2. The Hall–Kier alpha value is -3.25. The highest BCUT2D eigenvalue weighted by Crippen LogP contribution is 2.35. The van der Waals surface area contributed by atoms with Gasteiger partial charge in [0.05, 0.1) is 23.7 Å². The molecule has 5 nitrogen and oxygen atoms in total. The number of rotatable bonds is 6. The number of benzene rings is 2. The molecule has 1 aliphatic rings. The molecule has 0 bridgehead atoms. The predicted octanol–water partition coefficient (Wildman–Crippen LogP) is 4.28. The maximum absolute atomic E-state index is 13.2. The van der Waals surface area contributed by atoms with E-state index in [0.717, 1.165) is 11.1 Å². The van der Waals surface area contributed by atoms with Crippen molar-refractivity contribution in [3.63, 3.8) is 0 Å². The molecule has 2 aromatic carbocycles. The van der Waals surface area contributed by atoms with Crippen LogP contribution in [-0.2, 0) is 17.9 Å². The van der Waals surface area contributed by atoms with Crippen molar-refractivity contribution in [2.24, 2.45) is 0 Å². The summed E-state index contributed by atoms with van der Waals surface area (Å²) in [7, 11) is 0. The molecule has 0 saturated carbocycles. The molecular weight excluding hydrogens is 405 g/mol. The van der Waals surface area contributed by atoms with Gasteiger partial charge in [-0.3, -0.25) is 14.6 Å². The number of nitrogens with one attached hydrogen (secondary N) is 1. The highest BCUT2D eigenvalue weighted by molar-refractivity contribution is 6.30. The van der Waals surface area contributed by atoms with Gasteiger partial charge >= 0.3 is 0 Å². The second-order valence-corrected chi connectivity index (χ2v) is 7.56. The molecule has 0 spiro atoms. The lowest BCUT2D eigenvalue weighted by Gasteiger charge is -2.24. The summed E-state index contributed by atoms with van der Waals surface area (Å²) >= 11 is 5.99. The number of aromatic nitrogens is 1. The van der Waals surface area contributed by atoms with Crippen molar-refractivity contribution in [2.45, 2.75) is 25.6 Å². The van der Waals surface area contributed by atoms with Gasteiger partial charge in [-0.15, -0.1) is 0 Å². The fourth-order valence-electron chi connectivity index (χ4n) is 3.58. The Morgan fingerprint density at radius 2 is 1.90 bits per heavy atom. The van der Waals surface area contributed by atoms with E-state index in [1.165, 1.54) is 12.1 Å². The van der Waals surface area contributed by atoms with E-state index in [9.17, 15) is 14.0 Å². The van der Waals surface area contributed by atoms with Crippen molar-refractivity contribution in [2.75, 3.05) is 0 Å². The molecule has 7 heteroatoms. The lowest BCUT2D eigenvalue weighted by atomic mass is 10.1. The van der Waals surface area contributed by atoms with Gasteiger partial charge in [0.1, 0.15) is 5.82 Å². The van der Waals surface area contributed by atoms with Crippen molar-refractivity contribution in [3.05, 3.63) is 100 Å². The molecule has 2 amide bonds. The first-order valence-corrected chi connectivity index (χ1v) is 9.90. The van der Waals surface area contributed by atoms with Gasteiger partial charge < -0.3 is 10.2 Å². The lowest BCUT2D eigenvalue weighted by molar-refractivity contribution is -0.122. The number of carbonyl (C=O) groups excluding carboxylic acids is 2. The van der Waals surface area contributed by atoms with Gasteiger partial charge in [0, 0.05) is 24.3 Å². The first-order valence-electron chi connectivity index (χ1n) is 9.53. The molecule has 4 rings (SSSR count). The summed E-state index contributed by atoms with van der Waals surface area (Å²) in [4.78, 5) is 31.6. The lowest BCUT2D eigenvalue weighted by Crippen LogP contribution is -2.32. The largest absolute Gasteiger partial charge is 0.352 e. The third-order valence-electron chi connectivity index (χ3n) is 5.05. The summed E-state index contributed by atoms with van der Waals surface area (Å²) in [5.74, 6) is -0.723. The van der Waals surface area contributed by atoms with Gasteiger partial charge in [0.2, 0.25) is 5.91 Å². The molecule has 0 fully saturated rings. The SMILES string of the molecule is O=C(C[C@H]1c2ncccc2C(=O)N1Cc1ccc(F)cc1)NCc1cccc(Cl)c1. The summed E-state index contributed by atoms with van der Waals surface area (Å²) in [5, 5.41) is 3.48. The van der Waals surface area contributed by atoms with Crippen LogP contribution in [0, 0.1) is 5.82 Å². The van der Waals surface area contributed by atoms with Crippen molar-refractivity contribution >= 4 is 23.4 Å². The Balaban J connectivity index is 1.51. The average Bonchev–Trinajstić information content (AvgIpc) is 3.00. The van der Waals surface area contributed by atoms with Crippen LogP contribution in [-0.4, -0.2) is 21.7 Å². The van der Waals surface area contributed by atoms with Gasteiger partial charge in [-0.2, -0.15) is 0 Å². The van der Waals surface area contributed by atoms with E-state index < -0.39 is 6.04 Å². The van der Waals surface area contributed by atoms with Crippen molar-refractivity contribution < 1.29 is 14.0 Å². The quantitative estimate of drug-likeness (QED) is 0.643. The number of hydrogen-bond donors (Lipinski definition) is 1. The van der Waals surface area contributed by atoms with Crippen LogP contribution in [0.5, 0.6) is 0 Å². The second kappa shape index (κ2) is 8.63. The molecule has 1 aromatic heterocycles. The predicted molar refractivity (Wildman–Crippen MR) is 111 cm³/mol. The molecule has 0 unspecified atom stereocenters. The summed E-state index contributed by atoms with van der Waals surface area (Å²) < 4.78 is 13.2. The summed E-state index contributed by atoms with van der Waals surface area (Å²) in [6.07, 6.45) is 1.70. The third kappa shape index (κ3) is 4.33. The Labute approximate surface area is 178 Å². The van der Waals surface area contributed by atoms with Gasteiger partial charge in [-0.1, -0.05) is 35.9 Å². The monoisotopic (exact) mass is 423 g/mol. The maximum Gasteiger partial charge on any atom is 0.256 e. The number of carbonyl (C=O) groups is 2. The Bertz CT molecular complexity index is 1090. The standard InChI is InChI=1S/C23H19ClFN3O2/c24-17-4-1-3-16(11-17)13-27-21(29)12-20-22-19(5-2-10-26-22)23(30)28(20)14-15-6-8-18(25)9-7-15/h1-11,20H,12-14H2,(H,27,29)/t20-/m0/s1. The van der Waals surface area contributed by atoms with Crippen LogP contribution < -0.4 is 5.32 Å². The number of fused-ring (bicyclic) bond motifs is 1. The zero-order valence-corrected chi connectivity index (χ0v) is 16.8. The van der Waals surface area contributed by atoms with E-state index in [1.54, 1.807) is 47.5 Å². The van der Waals surface area contributed by atoms with E-state index in [-0.39, 0.29) is 30.6 Å². The van der Waals surface area contributed by atoms with Crippen LogP contribution >= 0.6 is 11.6 Å². The Morgan fingerprint density at radius 3 is 2.67 bits per heavy atom. The molecule has 30 heavy (non-hydrogen) atoms. The molecule has 0 aliphatic carbocycles. The minimum absolute atomic E-state index is 0.0809. The van der Waals surface area contributed by atoms with E-state index in [2.05, 4.69) is 10.3 Å². The van der Waals surface area contributed by atoms with Crippen molar-refractivity contribution in [3.8, 4) is 0 Å². The smallest absolute Gasteiger partial charge is 0.256 e. The number of nitrogens with zero attached hydrogens (tertiary/aromatic N) is 2. The molecule has 0 radical (unpaired) electrons. The summed E-state index contributed by atoms with van der Waals surface area (Å²) in [5.41, 5.74) is 2.75. The Morgan fingerprint density at radius 1 is 1.10 bits per heavy atom. The first kappa shape index (κ1) is 20.0. The van der Waals surface area contributed by atoms with Gasteiger partial charge in [-0.05, 0) is 47.5 Å². The third-order valence-corrected chi connectivity index (χ3v) is 5.28. The highest BCUT2D eigenvalue weighted by atomic mass is 35.5. The Kier molecular flexibility index (Phi) is 5.77. The number of halogens is 2. The number of amides is 2. The molecule has 3 aromatic rings. The van der Waals surface area contributed by atoms with Crippen LogP contribution in [0.1, 0.15) is 39.6 Å². The minimum atomic E-state index is -0.488. The van der Waals surface area contributed by atoms with Gasteiger partial charge in [0.25, 0.3) is 5.91 Å². The van der Waals surface area contributed by atoms with Crippen LogP contribution in [0.15, 0.2) is 66.9 Å². The highest BCUT2D eigenvalue weighted by Gasteiger charge is 2.38. The minimum Gasteiger partial charge on any atom is -0.352 e. The first-order chi connectivity index (χ1) is 14.5. The fourth-order valence-corrected chi connectivity index (χ4v) is 3.79. The van der Waals surface area contributed by atoms with Gasteiger partial charge in [-0.25, -0.2) is 4.39 Å². The molecule has 2 heterocycles. The zero-order chi connectivity index (χ0) is 21.1. The summed E-state index contributed by atoms with van der Waals surface area (Å²) in [6, 6.07) is 16.2. The average molecular weight is 424 g/mol. The van der Waals surface area contributed by atoms with Gasteiger partial charge in [0.15, 0.2) is 0 Å². The van der Waals surface area contributed by atoms with Crippen molar-refractivity contribution in [1.82, 2.24) is 15.2 Å². The van der Waals surface area contributed by atoms with E-state index in [0.29, 0.717) is 22.8 Å². The van der Waals surface area contributed by atoms with Crippen LogP contribution in [0.4, 0.5) is 4.39 Å². The zero-order valence-electron chi connectivity index (χ0n) is 16.0. The topological polar surface area (TPSA) is 62.3 Å². The van der Waals surface area contributed by atoms with E-state index in [4.69, 9.17) is 11.6 Å². The summed E-state index contributed by atoms with van der Waals surface area (Å²) in [6.45, 7) is 0.606. The number of pyridine rings is 1. The van der Waals surface area contributed by atoms with Crippen molar-refractivity contribution in [1.29, 1.82) is 0 Å². The van der Waals surface area contributed by atoms with Crippen LogP contribution in [0.25, 0.3) is 0 Å². The van der Waals surface area contributed by atoms with Crippen LogP contribution in [0.3, 0.4) is 0 Å². The number of hydrogen-bond acceptors (Lipinski definition) is 3.